The Morgan fingerprint density at radius 2 is 2.38 bits per heavy atom. The van der Waals surface area contributed by atoms with Crippen molar-refractivity contribution in [3.63, 3.8) is 0 Å². The molecule has 0 saturated carbocycles. The highest BCUT2D eigenvalue weighted by molar-refractivity contribution is 5.83. The first-order valence-electron chi connectivity index (χ1n) is 5.72. The van der Waals surface area contributed by atoms with Crippen LogP contribution in [0.5, 0.6) is 0 Å². The molecule has 0 radical (unpaired) electrons. The van der Waals surface area contributed by atoms with E-state index in [1.54, 1.807) is 6.20 Å². The van der Waals surface area contributed by atoms with Gasteiger partial charge in [-0.1, -0.05) is 6.07 Å². The molecule has 0 aromatic carbocycles. The molecule has 1 aliphatic heterocycles. The van der Waals surface area contributed by atoms with Gasteiger partial charge in [-0.25, -0.2) is 0 Å². The second-order valence-electron chi connectivity index (χ2n) is 4.44. The van der Waals surface area contributed by atoms with Crippen LogP contribution in [-0.4, -0.2) is 23.5 Å². The molecule has 2 unspecified atom stereocenters. The van der Waals surface area contributed by atoms with E-state index in [0.717, 1.165) is 17.7 Å². The van der Waals surface area contributed by atoms with Gasteiger partial charge in [0.05, 0.1) is 6.10 Å². The molecule has 1 aliphatic rings. The van der Waals surface area contributed by atoms with Gasteiger partial charge in [-0.2, -0.15) is 0 Å². The molecule has 0 amide bonds. The number of aromatic nitrogens is 1. The Hall–Kier alpha value is -1.22. The molecule has 1 aromatic heterocycles. The van der Waals surface area contributed by atoms with Gasteiger partial charge in [0.15, 0.2) is 0 Å². The number of pyridine rings is 1. The van der Waals surface area contributed by atoms with E-state index in [4.69, 9.17) is 4.74 Å². The monoisotopic (exact) mass is 219 g/mol. The van der Waals surface area contributed by atoms with Gasteiger partial charge in [0.2, 0.25) is 0 Å². The van der Waals surface area contributed by atoms with Crippen molar-refractivity contribution in [3.8, 4) is 0 Å². The molecule has 16 heavy (non-hydrogen) atoms. The quantitative estimate of drug-likeness (QED) is 0.779. The Labute approximate surface area is 95.8 Å². The first kappa shape index (κ1) is 11.3. The normalized spacial score (nSPS) is 24.6. The lowest BCUT2D eigenvalue weighted by Gasteiger charge is -2.12. The van der Waals surface area contributed by atoms with E-state index in [1.807, 2.05) is 26.0 Å². The molecule has 0 bridgehead atoms. The lowest BCUT2D eigenvalue weighted by Crippen LogP contribution is -2.23. The summed E-state index contributed by atoms with van der Waals surface area (Å²) in [7, 11) is 0. The van der Waals surface area contributed by atoms with Gasteiger partial charge in [0, 0.05) is 30.8 Å². The van der Waals surface area contributed by atoms with Gasteiger partial charge in [0.1, 0.15) is 5.78 Å². The summed E-state index contributed by atoms with van der Waals surface area (Å²) in [5, 5.41) is 0. The second kappa shape index (κ2) is 4.74. The number of aryl methyl sites for hydroxylation is 1. The van der Waals surface area contributed by atoms with Crippen LogP contribution in [0.3, 0.4) is 0 Å². The molecular weight excluding hydrogens is 202 g/mol. The third-order valence-electron chi connectivity index (χ3n) is 3.12. The van der Waals surface area contributed by atoms with Crippen molar-refractivity contribution < 1.29 is 9.53 Å². The molecule has 86 valence electrons. The van der Waals surface area contributed by atoms with Crippen molar-refractivity contribution in [1.29, 1.82) is 0 Å². The summed E-state index contributed by atoms with van der Waals surface area (Å²) in [6.07, 6.45) is 3.15. The fourth-order valence-electron chi connectivity index (χ4n) is 2.07. The molecule has 2 heterocycles. The van der Waals surface area contributed by atoms with E-state index in [-0.39, 0.29) is 17.8 Å². The van der Waals surface area contributed by atoms with Crippen LogP contribution in [0.4, 0.5) is 0 Å². The van der Waals surface area contributed by atoms with Crippen molar-refractivity contribution in [1.82, 2.24) is 4.98 Å². The minimum absolute atomic E-state index is 0.0584. The zero-order chi connectivity index (χ0) is 11.5. The van der Waals surface area contributed by atoms with Crippen molar-refractivity contribution in [2.24, 2.45) is 5.92 Å². The maximum absolute atomic E-state index is 12.0. The van der Waals surface area contributed by atoms with Gasteiger partial charge in [-0.05, 0) is 31.9 Å². The average Bonchev–Trinajstić information content (AvgIpc) is 2.68. The van der Waals surface area contributed by atoms with Gasteiger partial charge < -0.3 is 4.74 Å². The van der Waals surface area contributed by atoms with Crippen LogP contribution in [-0.2, 0) is 16.0 Å². The predicted molar refractivity (Wildman–Crippen MR) is 61.2 cm³/mol. The summed E-state index contributed by atoms with van der Waals surface area (Å²) in [5.41, 5.74) is 1.98. The molecular formula is C13H17NO2. The van der Waals surface area contributed by atoms with E-state index in [1.165, 1.54) is 0 Å². The van der Waals surface area contributed by atoms with Crippen molar-refractivity contribution in [2.75, 3.05) is 6.61 Å². The third kappa shape index (κ3) is 2.47. The number of carbonyl (C=O) groups excluding carboxylic acids is 1. The van der Waals surface area contributed by atoms with Crippen LogP contribution in [0, 0.1) is 12.8 Å². The Kier molecular flexibility index (Phi) is 3.34. The molecule has 3 nitrogen and oxygen atoms in total. The lowest BCUT2D eigenvalue weighted by molar-refractivity contribution is -0.123. The predicted octanol–water partition coefficient (Wildman–Crippen LogP) is 1.93. The van der Waals surface area contributed by atoms with Crippen LogP contribution < -0.4 is 0 Å². The average molecular weight is 219 g/mol. The lowest BCUT2D eigenvalue weighted by atomic mass is 9.94. The summed E-state index contributed by atoms with van der Waals surface area (Å²) >= 11 is 0. The van der Waals surface area contributed by atoms with Crippen LogP contribution in [0.1, 0.15) is 24.6 Å². The topological polar surface area (TPSA) is 39.2 Å². The molecule has 2 atom stereocenters. The highest BCUT2D eigenvalue weighted by Crippen LogP contribution is 2.22. The van der Waals surface area contributed by atoms with E-state index < -0.39 is 0 Å². The van der Waals surface area contributed by atoms with Crippen LogP contribution in [0.2, 0.25) is 0 Å². The standard InChI is InChI=1S/C13H17NO2/c1-9-3-4-11(14-8-9)7-13(15)12-5-6-16-10(12)2/h3-4,8,10,12H,5-7H2,1-2H3. The summed E-state index contributed by atoms with van der Waals surface area (Å²) in [4.78, 5) is 16.2. The van der Waals surface area contributed by atoms with E-state index in [2.05, 4.69) is 4.98 Å². The van der Waals surface area contributed by atoms with Crippen molar-refractivity contribution in [3.05, 3.63) is 29.6 Å². The summed E-state index contributed by atoms with van der Waals surface area (Å²) in [6, 6.07) is 3.91. The fraction of sp³-hybridized carbons (Fsp3) is 0.538. The Morgan fingerprint density at radius 1 is 1.56 bits per heavy atom. The Balaban J connectivity index is 1.99. The third-order valence-corrected chi connectivity index (χ3v) is 3.12. The van der Waals surface area contributed by atoms with Gasteiger partial charge in [-0.15, -0.1) is 0 Å². The first-order valence-corrected chi connectivity index (χ1v) is 5.72. The summed E-state index contributed by atoms with van der Waals surface area (Å²) in [5.74, 6) is 0.310. The smallest absolute Gasteiger partial charge is 0.144 e. The van der Waals surface area contributed by atoms with Crippen LogP contribution >= 0.6 is 0 Å². The van der Waals surface area contributed by atoms with Crippen molar-refractivity contribution in [2.45, 2.75) is 32.8 Å². The Morgan fingerprint density at radius 3 is 2.94 bits per heavy atom. The first-order chi connectivity index (χ1) is 7.66. The largest absolute Gasteiger partial charge is 0.378 e. The molecule has 3 heteroatoms. The minimum atomic E-state index is 0.0584. The van der Waals surface area contributed by atoms with Crippen molar-refractivity contribution >= 4 is 5.78 Å². The maximum atomic E-state index is 12.0. The van der Waals surface area contributed by atoms with Gasteiger partial charge in [0.25, 0.3) is 0 Å². The number of carbonyl (C=O) groups is 1. The SMILES string of the molecule is Cc1ccc(CC(=O)C2CCOC2C)nc1. The molecule has 2 rings (SSSR count). The van der Waals surface area contributed by atoms with Gasteiger partial charge in [-0.3, -0.25) is 9.78 Å². The number of Topliss-reactive ketones (excluding diaryl/α,β-unsaturated/α-hetero) is 1. The van der Waals surface area contributed by atoms with E-state index >= 15 is 0 Å². The number of ether oxygens (including phenoxy) is 1. The zero-order valence-electron chi connectivity index (χ0n) is 9.77. The molecule has 1 saturated heterocycles. The highest BCUT2D eigenvalue weighted by Gasteiger charge is 2.30. The number of rotatable bonds is 3. The van der Waals surface area contributed by atoms with Gasteiger partial charge >= 0.3 is 0 Å². The minimum Gasteiger partial charge on any atom is -0.378 e. The molecule has 0 N–H and O–H groups in total. The van der Waals surface area contributed by atoms with E-state index in [9.17, 15) is 4.79 Å². The molecule has 0 spiro atoms. The number of ketones is 1. The summed E-state index contributed by atoms with van der Waals surface area (Å²) in [6.45, 7) is 4.67. The molecule has 1 aromatic rings. The summed E-state index contributed by atoms with van der Waals surface area (Å²) < 4.78 is 5.40. The van der Waals surface area contributed by atoms with Crippen LogP contribution in [0.25, 0.3) is 0 Å². The second-order valence-corrected chi connectivity index (χ2v) is 4.44. The van der Waals surface area contributed by atoms with Crippen LogP contribution in [0.15, 0.2) is 18.3 Å². The molecule has 0 aliphatic carbocycles. The maximum Gasteiger partial charge on any atom is 0.144 e. The van der Waals surface area contributed by atoms with E-state index in [0.29, 0.717) is 13.0 Å². The zero-order valence-corrected chi connectivity index (χ0v) is 9.77. The number of nitrogens with zero attached hydrogens (tertiary/aromatic N) is 1. The number of hydrogen-bond acceptors (Lipinski definition) is 3. The highest BCUT2D eigenvalue weighted by atomic mass is 16.5. The molecule has 1 fully saturated rings. The fourth-order valence-corrected chi connectivity index (χ4v) is 2.07. The Bertz CT molecular complexity index is 372. The number of hydrogen-bond donors (Lipinski definition) is 0.